The average Bonchev–Trinajstić information content (AvgIpc) is 3.53. The fourth-order valence-corrected chi connectivity index (χ4v) is 4.61. The molecule has 3 aromatic rings. The maximum atomic E-state index is 13.6. The van der Waals surface area contributed by atoms with Crippen molar-refractivity contribution in [2.24, 2.45) is 5.41 Å². The van der Waals surface area contributed by atoms with Crippen LogP contribution in [0.5, 0.6) is 0 Å². The molecule has 3 heterocycles. The lowest BCUT2D eigenvalue weighted by Crippen LogP contribution is -2.36. The summed E-state index contributed by atoms with van der Waals surface area (Å²) in [5.74, 6) is -0.924. The topological polar surface area (TPSA) is 86.9 Å². The molecule has 1 aromatic carbocycles. The standard InChI is InChI=1S/C23H20ClF3N4O3/c24-14-1-2-16(15(10-14)21(33)34)28-17-9-13(23(25,26)27)12-31-19(32)11-18(29-20(17)31)30-7-5-22(3-4-22)6-8-30/h1-2,9-12,28H,3-8H2,(H,33,34). The van der Waals surface area contributed by atoms with Gasteiger partial charge in [-0.3, -0.25) is 9.20 Å². The third-order valence-corrected chi connectivity index (χ3v) is 6.90. The van der Waals surface area contributed by atoms with Gasteiger partial charge in [0.05, 0.1) is 22.5 Å². The first-order chi connectivity index (χ1) is 16.0. The average molecular weight is 493 g/mol. The highest BCUT2D eigenvalue weighted by Gasteiger charge is 2.44. The minimum absolute atomic E-state index is 0.0198. The van der Waals surface area contributed by atoms with Crippen LogP contribution < -0.4 is 15.8 Å². The van der Waals surface area contributed by atoms with Crippen LogP contribution in [0.3, 0.4) is 0 Å². The second-order valence-electron chi connectivity index (χ2n) is 8.89. The molecule has 1 spiro atoms. The molecule has 0 bridgehead atoms. The van der Waals surface area contributed by atoms with Gasteiger partial charge in [-0.2, -0.15) is 13.2 Å². The number of carboxylic acids is 1. The van der Waals surface area contributed by atoms with Gasteiger partial charge in [0.15, 0.2) is 5.65 Å². The summed E-state index contributed by atoms with van der Waals surface area (Å²) in [6.07, 6.45) is 0.350. The third kappa shape index (κ3) is 4.18. The molecule has 0 amide bonds. The van der Waals surface area contributed by atoms with E-state index in [1.165, 1.54) is 37.1 Å². The Balaban J connectivity index is 1.63. The summed E-state index contributed by atoms with van der Waals surface area (Å²) in [5, 5.41) is 12.4. The number of nitrogens with one attached hydrogen (secondary N) is 1. The zero-order valence-corrected chi connectivity index (χ0v) is 18.6. The molecule has 0 unspecified atom stereocenters. The Hall–Kier alpha value is -3.27. The maximum Gasteiger partial charge on any atom is 0.417 e. The van der Waals surface area contributed by atoms with Crippen LogP contribution in [0.1, 0.15) is 41.6 Å². The number of pyridine rings is 1. The molecule has 0 radical (unpaired) electrons. The predicted molar refractivity (Wildman–Crippen MR) is 121 cm³/mol. The number of halogens is 4. The van der Waals surface area contributed by atoms with Crippen LogP contribution in [0.2, 0.25) is 5.02 Å². The molecular formula is C23H20ClF3N4O3. The molecule has 1 saturated heterocycles. The molecule has 1 aliphatic carbocycles. The van der Waals surface area contributed by atoms with Gasteiger partial charge >= 0.3 is 12.1 Å². The SMILES string of the molecule is O=C(O)c1cc(Cl)ccc1Nc1cc(C(F)(F)F)cn2c(=O)cc(N3CCC4(CC3)CC4)nc12. The number of hydrogen-bond donors (Lipinski definition) is 2. The van der Waals surface area contributed by atoms with E-state index in [-0.39, 0.29) is 27.6 Å². The van der Waals surface area contributed by atoms with Gasteiger partial charge in [-0.15, -0.1) is 0 Å². The Morgan fingerprint density at radius 1 is 1.09 bits per heavy atom. The number of hydrogen-bond acceptors (Lipinski definition) is 5. The van der Waals surface area contributed by atoms with Crippen molar-refractivity contribution in [3.05, 3.63) is 63.0 Å². The highest BCUT2D eigenvalue weighted by molar-refractivity contribution is 6.31. The molecule has 5 rings (SSSR count). The minimum atomic E-state index is -4.73. The van der Waals surface area contributed by atoms with Crippen molar-refractivity contribution in [2.75, 3.05) is 23.3 Å². The quantitative estimate of drug-likeness (QED) is 0.521. The maximum absolute atomic E-state index is 13.6. The van der Waals surface area contributed by atoms with E-state index in [1.807, 2.05) is 4.90 Å². The molecule has 1 saturated carbocycles. The number of aromatic nitrogens is 2. The van der Waals surface area contributed by atoms with Crippen molar-refractivity contribution in [1.82, 2.24) is 9.38 Å². The molecular weight excluding hydrogens is 473 g/mol. The molecule has 7 nitrogen and oxygen atoms in total. The van der Waals surface area contributed by atoms with E-state index in [9.17, 15) is 27.9 Å². The van der Waals surface area contributed by atoms with E-state index in [4.69, 9.17) is 11.6 Å². The fourth-order valence-electron chi connectivity index (χ4n) is 4.43. The predicted octanol–water partition coefficient (Wildman–Crippen LogP) is 5.19. The van der Waals surface area contributed by atoms with E-state index >= 15 is 0 Å². The molecule has 178 valence electrons. The summed E-state index contributed by atoms with van der Waals surface area (Å²) >= 11 is 5.89. The van der Waals surface area contributed by atoms with Crippen LogP contribution in [0.25, 0.3) is 5.65 Å². The van der Waals surface area contributed by atoms with E-state index < -0.39 is 23.3 Å². The van der Waals surface area contributed by atoms with Crippen LogP contribution in [0.15, 0.2) is 41.3 Å². The van der Waals surface area contributed by atoms with Crippen molar-refractivity contribution in [3.63, 3.8) is 0 Å². The van der Waals surface area contributed by atoms with Gasteiger partial charge in [0.2, 0.25) is 0 Å². The number of piperidine rings is 1. The van der Waals surface area contributed by atoms with Crippen molar-refractivity contribution >= 4 is 40.4 Å². The number of nitrogens with zero attached hydrogens (tertiary/aromatic N) is 3. The highest BCUT2D eigenvalue weighted by atomic mass is 35.5. The van der Waals surface area contributed by atoms with Crippen molar-refractivity contribution in [2.45, 2.75) is 31.9 Å². The van der Waals surface area contributed by atoms with E-state index in [2.05, 4.69) is 10.3 Å². The van der Waals surface area contributed by atoms with Crippen LogP contribution in [0.4, 0.5) is 30.4 Å². The van der Waals surface area contributed by atoms with Crippen LogP contribution in [-0.4, -0.2) is 33.6 Å². The van der Waals surface area contributed by atoms with Crippen molar-refractivity contribution in [1.29, 1.82) is 0 Å². The summed E-state index contributed by atoms with van der Waals surface area (Å²) in [6, 6.07) is 6.02. The normalized spacial score (nSPS) is 17.2. The number of benzene rings is 1. The van der Waals surface area contributed by atoms with Crippen LogP contribution in [0, 0.1) is 5.41 Å². The molecule has 11 heteroatoms. The number of anilines is 3. The Bertz CT molecular complexity index is 1360. The van der Waals surface area contributed by atoms with Gasteiger partial charge in [0.1, 0.15) is 5.82 Å². The van der Waals surface area contributed by atoms with Crippen LogP contribution in [-0.2, 0) is 6.18 Å². The summed E-state index contributed by atoms with van der Waals surface area (Å²) in [4.78, 5) is 31.0. The number of fused-ring (bicyclic) bond motifs is 1. The molecule has 1 aliphatic heterocycles. The van der Waals surface area contributed by atoms with Gasteiger partial charge < -0.3 is 15.3 Å². The van der Waals surface area contributed by atoms with Gasteiger partial charge in [0.25, 0.3) is 5.56 Å². The monoisotopic (exact) mass is 492 g/mol. The zero-order valence-electron chi connectivity index (χ0n) is 17.8. The smallest absolute Gasteiger partial charge is 0.417 e. The van der Waals surface area contributed by atoms with Gasteiger partial charge in [0, 0.05) is 30.4 Å². The van der Waals surface area contributed by atoms with Gasteiger partial charge in [-0.1, -0.05) is 11.6 Å². The molecule has 2 aromatic heterocycles. The summed E-state index contributed by atoms with van der Waals surface area (Å²) in [6.45, 7) is 1.43. The minimum Gasteiger partial charge on any atom is -0.478 e. The number of aromatic carboxylic acids is 1. The lowest BCUT2D eigenvalue weighted by molar-refractivity contribution is -0.137. The Morgan fingerprint density at radius 2 is 1.79 bits per heavy atom. The summed E-state index contributed by atoms with van der Waals surface area (Å²) in [7, 11) is 0. The van der Waals surface area contributed by atoms with Gasteiger partial charge in [-0.05, 0) is 55.4 Å². The van der Waals surface area contributed by atoms with E-state index in [1.54, 1.807) is 0 Å². The van der Waals surface area contributed by atoms with Gasteiger partial charge in [-0.25, -0.2) is 9.78 Å². The fraction of sp³-hybridized carbons (Fsp3) is 0.348. The Labute approximate surface area is 196 Å². The van der Waals surface area contributed by atoms with E-state index in [0.717, 1.165) is 23.3 Å². The number of rotatable bonds is 4. The lowest BCUT2D eigenvalue weighted by atomic mass is 9.94. The second-order valence-corrected chi connectivity index (χ2v) is 9.33. The van der Waals surface area contributed by atoms with Crippen molar-refractivity contribution in [3.8, 4) is 0 Å². The number of alkyl halides is 3. The molecule has 2 N–H and O–H groups in total. The summed E-state index contributed by atoms with van der Waals surface area (Å²) in [5.41, 5.74) is -1.71. The first-order valence-electron chi connectivity index (χ1n) is 10.7. The number of carboxylic acid groups (broad SMARTS) is 1. The third-order valence-electron chi connectivity index (χ3n) is 6.66. The first-order valence-corrected chi connectivity index (χ1v) is 11.1. The first kappa shape index (κ1) is 22.5. The zero-order chi connectivity index (χ0) is 24.3. The molecule has 0 atom stereocenters. The van der Waals surface area contributed by atoms with Crippen LogP contribution >= 0.6 is 11.6 Å². The second kappa shape index (κ2) is 7.90. The molecule has 2 fully saturated rings. The summed E-state index contributed by atoms with van der Waals surface area (Å²) < 4.78 is 41.6. The van der Waals surface area contributed by atoms with Crippen molar-refractivity contribution < 1.29 is 23.1 Å². The highest BCUT2D eigenvalue weighted by Crippen LogP contribution is 2.53. The Morgan fingerprint density at radius 3 is 2.41 bits per heavy atom. The largest absolute Gasteiger partial charge is 0.478 e. The lowest BCUT2D eigenvalue weighted by Gasteiger charge is -2.33. The van der Waals surface area contributed by atoms with E-state index in [0.29, 0.717) is 30.5 Å². The molecule has 2 aliphatic rings. The molecule has 34 heavy (non-hydrogen) atoms. The number of carbonyl (C=O) groups is 1. The Kier molecular flexibility index (Phi) is 5.23.